The highest BCUT2D eigenvalue weighted by Gasteiger charge is 2.29. The van der Waals surface area contributed by atoms with E-state index in [9.17, 15) is 9.59 Å². The first-order valence-corrected chi connectivity index (χ1v) is 7.27. The van der Waals surface area contributed by atoms with E-state index in [0.717, 1.165) is 13.1 Å². The molecule has 0 aromatic carbocycles. The number of esters is 1. The van der Waals surface area contributed by atoms with Gasteiger partial charge in [-0.15, -0.1) is 11.3 Å². The van der Waals surface area contributed by atoms with Crippen LogP contribution < -0.4 is 10.6 Å². The number of hydrogen-bond donors (Lipinski definition) is 2. The SMILES string of the molecule is CCOC(=O)c1ccsc1NC(=O)C(C)C1CNC1. The average Bonchev–Trinajstić information content (AvgIpc) is 2.75. The molecule has 0 bridgehead atoms. The summed E-state index contributed by atoms with van der Waals surface area (Å²) in [5.74, 6) is -0.110. The maximum Gasteiger partial charge on any atom is 0.341 e. The van der Waals surface area contributed by atoms with Crippen LogP contribution in [0.3, 0.4) is 0 Å². The van der Waals surface area contributed by atoms with Crippen LogP contribution in [0, 0.1) is 11.8 Å². The second kappa shape index (κ2) is 6.16. The van der Waals surface area contributed by atoms with Gasteiger partial charge in [0.25, 0.3) is 0 Å². The van der Waals surface area contributed by atoms with Gasteiger partial charge in [0.05, 0.1) is 12.2 Å². The highest BCUT2D eigenvalue weighted by Crippen LogP contribution is 2.26. The minimum atomic E-state index is -0.392. The van der Waals surface area contributed by atoms with E-state index in [1.165, 1.54) is 11.3 Å². The first-order valence-electron chi connectivity index (χ1n) is 6.39. The number of rotatable bonds is 5. The van der Waals surface area contributed by atoms with Crippen LogP contribution in [0.25, 0.3) is 0 Å². The smallest absolute Gasteiger partial charge is 0.341 e. The quantitative estimate of drug-likeness (QED) is 0.807. The van der Waals surface area contributed by atoms with E-state index in [4.69, 9.17) is 4.74 Å². The summed E-state index contributed by atoms with van der Waals surface area (Å²) in [6.45, 7) is 5.76. The molecule has 5 nitrogen and oxygen atoms in total. The third-order valence-corrected chi connectivity index (χ3v) is 4.16. The molecule has 2 rings (SSSR count). The maximum absolute atomic E-state index is 12.1. The summed E-state index contributed by atoms with van der Waals surface area (Å²) in [6, 6.07) is 1.67. The lowest BCUT2D eigenvalue weighted by atomic mass is 9.88. The number of thiophene rings is 1. The van der Waals surface area contributed by atoms with E-state index in [-0.39, 0.29) is 11.8 Å². The van der Waals surface area contributed by atoms with E-state index in [1.807, 2.05) is 6.92 Å². The zero-order valence-electron chi connectivity index (χ0n) is 11.1. The zero-order chi connectivity index (χ0) is 13.8. The molecular formula is C13H18N2O3S. The Hall–Kier alpha value is -1.40. The predicted molar refractivity (Wildman–Crippen MR) is 74.4 cm³/mol. The molecule has 2 heterocycles. The van der Waals surface area contributed by atoms with Gasteiger partial charge in [0.15, 0.2) is 0 Å². The number of amides is 1. The normalized spacial score (nSPS) is 16.5. The van der Waals surface area contributed by atoms with Gasteiger partial charge in [-0.05, 0) is 37.4 Å². The molecule has 1 atom stereocenters. The lowest BCUT2D eigenvalue weighted by molar-refractivity contribution is -0.121. The molecule has 1 aromatic rings. The summed E-state index contributed by atoms with van der Waals surface area (Å²) < 4.78 is 4.96. The molecule has 2 N–H and O–H groups in total. The van der Waals surface area contributed by atoms with Gasteiger partial charge in [0, 0.05) is 5.92 Å². The summed E-state index contributed by atoms with van der Waals surface area (Å²) in [6.07, 6.45) is 0. The third kappa shape index (κ3) is 3.13. The van der Waals surface area contributed by atoms with Gasteiger partial charge < -0.3 is 15.4 Å². The first-order chi connectivity index (χ1) is 9.13. The van der Waals surface area contributed by atoms with Gasteiger partial charge in [-0.2, -0.15) is 0 Å². The molecule has 1 aliphatic heterocycles. The van der Waals surface area contributed by atoms with E-state index in [1.54, 1.807) is 18.4 Å². The third-order valence-electron chi connectivity index (χ3n) is 3.33. The second-order valence-electron chi connectivity index (χ2n) is 4.58. The van der Waals surface area contributed by atoms with Crippen LogP contribution in [-0.4, -0.2) is 31.6 Å². The summed E-state index contributed by atoms with van der Waals surface area (Å²) in [4.78, 5) is 23.8. The Morgan fingerprint density at radius 3 is 2.89 bits per heavy atom. The van der Waals surface area contributed by atoms with Crippen LogP contribution in [0.5, 0.6) is 0 Å². The molecule has 1 saturated heterocycles. The van der Waals surface area contributed by atoms with Gasteiger partial charge >= 0.3 is 5.97 Å². The molecule has 1 unspecified atom stereocenters. The van der Waals surface area contributed by atoms with Crippen LogP contribution in [0.15, 0.2) is 11.4 Å². The van der Waals surface area contributed by atoms with Crippen molar-refractivity contribution < 1.29 is 14.3 Å². The maximum atomic E-state index is 12.1. The standard InChI is InChI=1S/C13H18N2O3S/c1-3-18-13(17)10-4-5-19-12(10)15-11(16)8(2)9-6-14-7-9/h4-5,8-9,14H,3,6-7H2,1-2H3,(H,15,16). The molecule has 0 aliphatic carbocycles. The van der Waals surface area contributed by atoms with E-state index in [0.29, 0.717) is 23.1 Å². The van der Waals surface area contributed by atoms with Crippen molar-refractivity contribution >= 4 is 28.2 Å². The van der Waals surface area contributed by atoms with Crippen LogP contribution in [0.4, 0.5) is 5.00 Å². The number of anilines is 1. The van der Waals surface area contributed by atoms with Crippen molar-refractivity contribution in [3.05, 3.63) is 17.0 Å². The van der Waals surface area contributed by atoms with Crippen LogP contribution >= 0.6 is 11.3 Å². The van der Waals surface area contributed by atoms with Gasteiger partial charge in [-0.25, -0.2) is 4.79 Å². The van der Waals surface area contributed by atoms with Gasteiger partial charge in [0.1, 0.15) is 5.00 Å². The van der Waals surface area contributed by atoms with Crippen molar-refractivity contribution in [1.82, 2.24) is 5.32 Å². The second-order valence-corrected chi connectivity index (χ2v) is 5.50. The fourth-order valence-electron chi connectivity index (χ4n) is 1.88. The topological polar surface area (TPSA) is 67.4 Å². The van der Waals surface area contributed by atoms with Crippen molar-refractivity contribution in [2.24, 2.45) is 11.8 Å². The van der Waals surface area contributed by atoms with Crippen molar-refractivity contribution in [1.29, 1.82) is 0 Å². The minimum Gasteiger partial charge on any atom is -0.462 e. The Morgan fingerprint density at radius 1 is 1.58 bits per heavy atom. The van der Waals surface area contributed by atoms with Crippen LogP contribution in [-0.2, 0) is 9.53 Å². The monoisotopic (exact) mass is 282 g/mol. The number of carbonyl (C=O) groups excluding carboxylic acids is 2. The fourth-order valence-corrected chi connectivity index (χ4v) is 2.66. The molecule has 1 amide bonds. The van der Waals surface area contributed by atoms with E-state index < -0.39 is 5.97 Å². The minimum absolute atomic E-state index is 0.0421. The van der Waals surface area contributed by atoms with Crippen molar-refractivity contribution in [2.45, 2.75) is 13.8 Å². The Bertz CT molecular complexity index is 468. The van der Waals surface area contributed by atoms with Crippen molar-refractivity contribution in [3.63, 3.8) is 0 Å². The molecule has 1 aromatic heterocycles. The first kappa shape index (κ1) is 14.0. The number of hydrogen-bond acceptors (Lipinski definition) is 5. The van der Waals surface area contributed by atoms with Crippen molar-refractivity contribution in [3.8, 4) is 0 Å². The molecular weight excluding hydrogens is 264 g/mol. The highest BCUT2D eigenvalue weighted by atomic mass is 32.1. The van der Waals surface area contributed by atoms with E-state index >= 15 is 0 Å². The number of carbonyl (C=O) groups is 2. The lowest BCUT2D eigenvalue weighted by Gasteiger charge is -2.31. The van der Waals surface area contributed by atoms with Gasteiger partial charge in [-0.3, -0.25) is 4.79 Å². The number of nitrogens with one attached hydrogen (secondary N) is 2. The van der Waals surface area contributed by atoms with Crippen LogP contribution in [0.1, 0.15) is 24.2 Å². The highest BCUT2D eigenvalue weighted by molar-refractivity contribution is 7.14. The van der Waals surface area contributed by atoms with Gasteiger partial charge in [-0.1, -0.05) is 6.92 Å². The molecule has 0 radical (unpaired) electrons. The zero-order valence-corrected chi connectivity index (χ0v) is 11.9. The van der Waals surface area contributed by atoms with Crippen LogP contribution in [0.2, 0.25) is 0 Å². The summed E-state index contributed by atoms with van der Waals surface area (Å²) in [5, 5.41) is 8.33. The summed E-state index contributed by atoms with van der Waals surface area (Å²) in [5.41, 5.74) is 0.430. The molecule has 1 fully saturated rings. The molecule has 19 heavy (non-hydrogen) atoms. The Balaban J connectivity index is 2.00. The predicted octanol–water partition coefficient (Wildman–Crippen LogP) is 1.72. The summed E-state index contributed by atoms with van der Waals surface area (Å²) in [7, 11) is 0. The Kier molecular flexibility index (Phi) is 4.55. The number of ether oxygens (including phenoxy) is 1. The lowest BCUT2D eigenvalue weighted by Crippen LogP contribution is -2.48. The largest absolute Gasteiger partial charge is 0.462 e. The van der Waals surface area contributed by atoms with Gasteiger partial charge in [0.2, 0.25) is 5.91 Å². The molecule has 6 heteroatoms. The van der Waals surface area contributed by atoms with Crippen molar-refractivity contribution in [2.75, 3.05) is 25.0 Å². The Morgan fingerprint density at radius 2 is 2.32 bits per heavy atom. The Labute approximate surface area is 116 Å². The molecule has 0 saturated carbocycles. The molecule has 0 spiro atoms. The fraction of sp³-hybridized carbons (Fsp3) is 0.538. The molecule has 1 aliphatic rings. The summed E-state index contributed by atoms with van der Waals surface area (Å²) >= 11 is 1.34. The average molecular weight is 282 g/mol. The molecule has 104 valence electrons. The van der Waals surface area contributed by atoms with E-state index in [2.05, 4.69) is 10.6 Å².